The minimum atomic E-state index is -0.935. The molecule has 3 nitrogen and oxygen atoms in total. The maximum atomic E-state index is 12.9. The highest BCUT2D eigenvalue weighted by atomic mass is 35.5. The van der Waals surface area contributed by atoms with Crippen LogP contribution in [0, 0.1) is 17.6 Å². The van der Waals surface area contributed by atoms with Gasteiger partial charge in [0.2, 0.25) is 5.91 Å². The fourth-order valence-corrected chi connectivity index (χ4v) is 1.82. The summed E-state index contributed by atoms with van der Waals surface area (Å²) in [7, 11) is 0. The molecule has 1 unspecified atom stereocenters. The van der Waals surface area contributed by atoms with E-state index in [4.69, 9.17) is 5.73 Å². The molecule has 106 valence electrons. The van der Waals surface area contributed by atoms with Crippen molar-refractivity contribution < 1.29 is 13.6 Å². The van der Waals surface area contributed by atoms with Crippen molar-refractivity contribution in [3.63, 3.8) is 0 Å². The molecule has 1 aliphatic carbocycles. The van der Waals surface area contributed by atoms with Crippen LogP contribution in [0.5, 0.6) is 0 Å². The van der Waals surface area contributed by atoms with Crippen LogP contribution in [0.1, 0.15) is 18.4 Å². The van der Waals surface area contributed by atoms with Gasteiger partial charge in [0, 0.05) is 12.6 Å². The molecule has 1 fully saturated rings. The Labute approximate surface area is 117 Å². The summed E-state index contributed by atoms with van der Waals surface area (Å²) in [6.07, 6.45) is 2.29. The minimum absolute atomic E-state index is 0. The van der Waals surface area contributed by atoms with E-state index in [1.807, 2.05) is 0 Å². The van der Waals surface area contributed by atoms with Crippen LogP contribution in [-0.4, -0.2) is 18.5 Å². The lowest BCUT2D eigenvalue weighted by Gasteiger charge is -2.11. The Bertz CT molecular complexity index is 452. The molecule has 0 spiro atoms. The molecule has 2 rings (SSSR count). The first-order valence-electron chi connectivity index (χ1n) is 6.02. The van der Waals surface area contributed by atoms with Crippen molar-refractivity contribution in [3.8, 4) is 0 Å². The van der Waals surface area contributed by atoms with Crippen molar-refractivity contribution in [2.45, 2.75) is 25.3 Å². The summed E-state index contributed by atoms with van der Waals surface area (Å²) in [5.41, 5.74) is 6.29. The summed E-state index contributed by atoms with van der Waals surface area (Å²) in [6, 6.07) is 3.46. The molecule has 0 aliphatic heterocycles. The molecule has 0 radical (unpaired) electrons. The number of nitrogens with two attached hydrogens (primary N) is 1. The van der Waals surface area contributed by atoms with Gasteiger partial charge in [-0.3, -0.25) is 4.79 Å². The first kappa shape index (κ1) is 15.9. The Balaban J connectivity index is 0.00000180. The fourth-order valence-electron chi connectivity index (χ4n) is 1.82. The van der Waals surface area contributed by atoms with Crippen molar-refractivity contribution in [3.05, 3.63) is 35.4 Å². The largest absolute Gasteiger partial charge is 0.354 e. The lowest BCUT2D eigenvalue weighted by Crippen LogP contribution is -2.39. The average Bonchev–Trinajstić information content (AvgIpc) is 3.15. The molecule has 0 heterocycles. The number of rotatable bonds is 5. The van der Waals surface area contributed by atoms with Gasteiger partial charge < -0.3 is 11.1 Å². The summed E-state index contributed by atoms with van der Waals surface area (Å²) >= 11 is 0. The summed E-state index contributed by atoms with van der Waals surface area (Å²) < 4.78 is 25.6. The maximum absolute atomic E-state index is 12.9. The number of nitrogens with one attached hydrogen (secondary N) is 1. The number of carbonyl (C=O) groups is 1. The Hall–Kier alpha value is -1.20. The standard InChI is InChI=1S/C13H16F2N2O.ClH/c14-10-4-1-8(5-11(10)15)6-13(18)17-7-12(16)9-2-3-9;/h1,4-5,9,12H,2-3,6-7,16H2,(H,17,18);1H. The zero-order valence-corrected chi connectivity index (χ0v) is 11.2. The van der Waals surface area contributed by atoms with E-state index in [0.29, 0.717) is 18.0 Å². The Kier molecular flexibility index (Phi) is 5.69. The first-order valence-corrected chi connectivity index (χ1v) is 6.02. The molecular formula is C13H17ClF2N2O. The van der Waals surface area contributed by atoms with Gasteiger partial charge in [-0.2, -0.15) is 0 Å². The predicted octanol–water partition coefficient (Wildman–Crippen LogP) is 1.78. The SMILES string of the molecule is Cl.NC(CNC(=O)Cc1ccc(F)c(F)c1)C1CC1. The third-order valence-electron chi connectivity index (χ3n) is 3.11. The van der Waals surface area contributed by atoms with Gasteiger partial charge in [0.25, 0.3) is 0 Å². The van der Waals surface area contributed by atoms with E-state index >= 15 is 0 Å². The molecule has 1 amide bonds. The molecule has 0 bridgehead atoms. The molecule has 1 saturated carbocycles. The van der Waals surface area contributed by atoms with Crippen molar-refractivity contribution in [1.82, 2.24) is 5.32 Å². The number of benzene rings is 1. The summed E-state index contributed by atoms with van der Waals surface area (Å²) in [5.74, 6) is -1.55. The molecule has 0 aromatic heterocycles. The highest BCUT2D eigenvalue weighted by Gasteiger charge is 2.28. The lowest BCUT2D eigenvalue weighted by atomic mass is 10.1. The van der Waals surface area contributed by atoms with Crippen molar-refractivity contribution >= 4 is 18.3 Å². The second-order valence-electron chi connectivity index (χ2n) is 4.73. The zero-order chi connectivity index (χ0) is 13.1. The topological polar surface area (TPSA) is 55.1 Å². The number of hydrogen-bond acceptors (Lipinski definition) is 2. The van der Waals surface area contributed by atoms with Gasteiger partial charge in [-0.1, -0.05) is 6.07 Å². The van der Waals surface area contributed by atoms with Crippen LogP contribution >= 0.6 is 12.4 Å². The Morgan fingerprint density at radius 3 is 2.63 bits per heavy atom. The molecule has 19 heavy (non-hydrogen) atoms. The van der Waals surface area contributed by atoms with Crippen molar-refractivity contribution in [1.29, 1.82) is 0 Å². The van der Waals surface area contributed by atoms with Crippen molar-refractivity contribution in [2.75, 3.05) is 6.54 Å². The van der Waals surface area contributed by atoms with Gasteiger partial charge in [-0.25, -0.2) is 8.78 Å². The molecule has 3 N–H and O–H groups in total. The number of halogens is 3. The highest BCUT2D eigenvalue weighted by Crippen LogP contribution is 2.31. The van der Waals surface area contributed by atoms with E-state index in [-0.39, 0.29) is 30.8 Å². The van der Waals surface area contributed by atoms with E-state index in [2.05, 4.69) is 5.32 Å². The number of hydrogen-bond donors (Lipinski definition) is 2. The summed E-state index contributed by atoms with van der Waals surface area (Å²) in [4.78, 5) is 11.6. The van der Waals surface area contributed by atoms with Gasteiger partial charge in [-0.05, 0) is 36.5 Å². The molecular weight excluding hydrogens is 274 g/mol. The van der Waals surface area contributed by atoms with Crippen LogP contribution in [0.3, 0.4) is 0 Å². The molecule has 1 atom stereocenters. The zero-order valence-electron chi connectivity index (χ0n) is 10.4. The second kappa shape index (κ2) is 6.82. The Morgan fingerprint density at radius 2 is 2.05 bits per heavy atom. The summed E-state index contributed by atoms with van der Waals surface area (Å²) in [6.45, 7) is 0.438. The van der Waals surface area contributed by atoms with Crippen molar-refractivity contribution in [2.24, 2.45) is 11.7 Å². The number of amides is 1. The van der Waals surface area contributed by atoms with E-state index in [1.54, 1.807) is 0 Å². The minimum Gasteiger partial charge on any atom is -0.354 e. The van der Waals surface area contributed by atoms with Crippen LogP contribution in [0.25, 0.3) is 0 Å². The summed E-state index contributed by atoms with van der Waals surface area (Å²) in [5, 5.41) is 2.71. The predicted molar refractivity (Wildman–Crippen MR) is 71.0 cm³/mol. The lowest BCUT2D eigenvalue weighted by molar-refractivity contribution is -0.120. The van der Waals surface area contributed by atoms with Gasteiger partial charge in [-0.15, -0.1) is 12.4 Å². The third kappa shape index (κ3) is 4.76. The van der Waals surface area contributed by atoms with Gasteiger partial charge in [0.15, 0.2) is 11.6 Å². The van der Waals surface area contributed by atoms with Gasteiger partial charge in [0.1, 0.15) is 0 Å². The average molecular weight is 291 g/mol. The monoisotopic (exact) mass is 290 g/mol. The van der Waals surface area contributed by atoms with Gasteiger partial charge >= 0.3 is 0 Å². The van der Waals surface area contributed by atoms with Gasteiger partial charge in [0.05, 0.1) is 6.42 Å². The molecule has 0 saturated heterocycles. The van der Waals surface area contributed by atoms with E-state index in [9.17, 15) is 13.6 Å². The highest BCUT2D eigenvalue weighted by molar-refractivity contribution is 5.85. The maximum Gasteiger partial charge on any atom is 0.224 e. The molecule has 6 heteroatoms. The molecule has 1 aromatic rings. The van der Waals surface area contributed by atoms with Crippen LogP contribution in [0.2, 0.25) is 0 Å². The van der Waals surface area contributed by atoms with E-state index in [0.717, 1.165) is 25.0 Å². The van der Waals surface area contributed by atoms with E-state index < -0.39 is 11.6 Å². The first-order chi connectivity index (χ1) is 8.56. The third-order valence-corrected chi connectivity index (χ3v) is 3.11. The fraction of sp³-hybridized carbons (Fsp3) is 0.462. The molecule has 1 aromatic carbocycles. The van der Waals surface area contributed by atoms with Crippen LogP contribution in [-0.2, 0) is 11.2 Å². The number of carbonyl (C=O) groups excluding carboxylic acids is 1. The van der Waals surface area contributed by atoms with Crippen LogP contribution in [0.15, 0.2) is 18.2 Å². The normalized spacial score (nSPS) is 15.5. The van der Waals surface area contributed by atoms with Crippen LogP contribution < -0.4 is 11.1 Å². The Morgan fingerprint density at radius 1 is 1.37 bits per heavy atom. The smallest absolute Gasteiger partial charge is 0.224 e. The van der Waals surface area contributed by atoms with E-state index in [1.165, 1.54) is 6.07 Å². The molecule has 1 aliphatic rings. The van der Waals surface area contributed by atoms with Crippen LogP contribution in [0.4, 0.5) is 8.78 Å². The quantitative estimate of drug-likeness (QED) is 0.868. The second-order valence-corrected chi connectivity index (χ2v) is 4.73.